The number of hydrogen-bond acceptors (Lipinski definition) is 2. The third-order valence-corrected chi connectivity index (χ3v) is 2.30. The molecule has 0 aliphatic carbocycles. The van der Waals surface area contributed by atoms with Gasteiger partial charge in [0.25, 0.3) is 0 Å². The number of rotatable bonds is 6. The summed E-state index contributed by atoms with van der Waals surface area (Å²) >= 11 is 2.28. The molecule has 0 aromatic rings. The van der Waals surface area contributed by atoms with Gasteiger partial charge >= 0.3 is 6.16 Å². The van der Waals surface area contributed by atoms with Crippen LogP contribution in [0.3, 0.4) is 0 Å². The lowest BCUT2D eigenvalue weighted by molar-refractivity contribution is 0.0442. The van der Waals surface area contributed by atoms with Crippen LogP contribution >= 0.6 is 22.6 Å². The molecular formula is C8H15IO3. The third kappa shape index (κ3) is 6.69. The number of halogens is 1. The first-order chi connectivity index (χ1) is 5.70. The first-order valence-corrected chi connectivity index (χ1v) is 5.68. The van der Waals surface area contributed by atoms with Crippen LogP contribution in [-0.2, 0) is 4.74 Å². The van der Waals surface area contributed by atoms with Gasteiger partial charge in [-0.05, 0) is 23.7 Å². The average molecular weight is 286 g/mol. The quantitative estimate of drug-likeness (QED) is 0.463. The van der Waals surface area contributed by atoms with E-state index in [0.29, 0.717) is 0 Å². The van der Waals surface area contributed by atoms with Crippen LogP contribution in [0, 0.1) is 0 Å². The van der Waals surface area contributed by atoms with Crippen molar-refractivity contribution in [2.45, 2.75) is 38.7 Å². The Hall–Kier alpha value is 0. The fourth-order valence-corrected chi connectivity index (χ4v) is 1.47. The van der Waals surface area contributed by atoms with Crippen LogP contribution in [-0.4, -0.2) is 21.8 Å². The first kappa shape index (κ1) is 12.0. The van der Waals surface area contributed by atoms with E-state index in [4.69, 9.17) is 9.84 Å². The van der Waals surface area contributed by atoms with Gasteiger partial charge < -0.3 is 9.84 Å². The standard InChI is InChI=1S/C8H15IO3/c1-2-4-7(5-3-6-9)12-8(10)11/h7H,2-6H2,1H3,(H,10,11). The fraction of sp³-hybridized carbons (Fsp3) is 0.875. The van der Waals surface area contributed by atoms with Crippen LogP contribution in [0.25, 0.3) is 0 Å². The minimum Gasteiger partial charge on any atom is -0.450 e. The van der Waals surface area contributed by atoms with E-state index in [9.17, 15) is 4.79 Å². The zero-order chi connectivity index (χ0) is 9.40. The summed E-state index contributed by atoms with van der Waals surface area (Å²) in [5, 5.41) is 8.39. The van der Waals surface area contributed by atoms with Gasteiger partial charge in [-0.3, -0.25) is 0 Å². The normalized spacial score (nSPS) is 12.5. The average Bonchev–Trinajstić information content (AvgIpc) is 2.00. The molecule has 0 fully saturated rings. The molecule has 0 aliphatic rings. The van der Waals surface area contributed by atoms with E-state index < -0.39 is 6.16 Å². The van der Waals surface area contributed by atoms with Gasteiger partial charge in [0, 0.05) is 0 Å². The summed E-state index contributed by atoms with van der Waals surface area (Å²) in [6.07, 6.45) is 2.44. The zero-order valence-corrected chi connectivity index (χ0v) is 9.41. The van der Waals surface area contributed by atoms with Crippen molar-refractivity contribution >= 4 is 28.7 Å². The number of ether oxygens (including phenoxy) is 1. The molecule has 1 N–H and O–H groups in total. The van der Waals surface area contributed by atoms with Crippen LogP contribution in [0.1, 0.15) is 32.6 Å². The monoisotopic (exact) mass is 286 g/mol. The van der Waals surface area contributed by atoms with Crippen LogP contribution in [0.4, 0.5) is 4.79 Å². The Kier molecular flexibility index (Phi) is 7.64. The molecule has 0 saturated heterocycles. The maximum absolute atomic E-state index is 10.2. The number of hydrogen-bond donors (Lipinski definition) is 1. The Balaban J connectivity index is 3.61. The van der Waals surface area contributed by atoms with Crippen LogP contribution in [0.15, 0.2) is 0 Å². The molecule has 0 heterocycles. The summed E-state index contributed by atoms with van der Waals surface area (Å²) in [4.78, 5) is 10.2. The van der Waals surface area contributed by atoms with Crippen molar-refractivity contribution in [1.82, 2.24) is 0 Å². The van der Waals surface area contributed by atoms with Crippen molar-refractivity contribution in [3.8, 4) is 0 Å². The molecule has 0 aromatic heterocycles. The molecule has 1 unspecified atom stereocenters. The second-order valence-electron chi connectivity index (χ2n) is 2.63. The SMILES string of the molecule is CCCC(CCCI)OC(=O)O. The number of alkyl halides is 1. The lowest BCUT2D eigenvalue weighted by atomic mass is 10.1. The molecule has 4 heteroatoms. The lowest BCUT2D eigenvalue weighted by Gasteiger charge is -2.13. The molecular weight excluding hydrogens is 271 g/mol. The van der Waals surface area contributed by atoms with Gasteiger partial charge in [0.1, 0.15) is 6.10 Å². The Labute approximate surface area is 86.6 Å². The van der Waals surface area contributed by atoms with E-state index >= 15 is 0 Å². The topological polar surface area (TPSA) is 46.5 Å². The highest BCUT2D eigenvalue weighted by molar-refractivity contribution is 14.1. The molecule has 0 aromatic carbocycles. The molecule has 3 nitrogen and oxygen atoms in total. The molecule has 1 atom stereocenters. The third-order valence-electron chi connectivity index (χ3n) is 1.54. The minimum absolute atomic E-state index is 0.0951. The van der Waals surface area contributed by atoms with Gasteiger partial charge in [0.05, 0.1) is 0 Å². The van der Waals surface area contributed by atoms with Gasteiger partial charge in [-0.2, -0.15) is 0 Å². The summed E-state index contributed by atoms with van der Waals surface area (Å²) in [5.41, 5.74) is 0. The maximum atomic E-state index is 10.2. The number of carboxylic acid groups (broad SMARTS) is 1. The van der Waals surface area contributed by atoms with Gasteiger partial charge in [-0.1, -0.05) is 35.9 Å². The smallest absolute Gasteiger partial charge is 0.450 e. The Morgan fingerprint density at radius 1 is 1.58 bits per heavy atom. The van der Waals surface area contributed by atoms with Crippen molar-refractivity contribution < 1.29 is 14.6 Å². The van der Waals surface area contributed by atoms with Crippen molar-refractivity contribution in [3.63, 3.8) is 0 Å². The fourth-order valence-electron chi connectivity index (χ4n) is 1.03. The van der Waals surface area contributed by atoms with Crippen LogP contribution in [0.2, 0.25) is 0 Å². The zero-order valence-electron chi connectivity index (χ0n) is 7.25. The Morgan fingerprint density at radius 3 is 2.67 bits per heavy atom. The molecule has 0 bridgehead atoms. The minimum atomic E-state index is -1.15. The Bertz CT molecular complexity index is 127. The summed E-state index contributed by atoms with van der Waals surface area (Å²) in [6.45, 7) is 2.03. The highest BCUT2D eigenvalue weighted by Gasteiger charge is 2.11. The van der Waals surface area contributed by atoms with Gasteiger partial charge in [-0.15, -0.1) is 0 Å². The van der Waals surface area contributed by atoms with Crippen LogP contribution < -0.4 is 0 Å². The second kappa shape index (κ2) is 7.64. The predicted octanol–water partition coefficient (Wildman–Crippen LogP) is 3.06. The highest BCUT2D eigenvalue weighted by Crippen LogP contribution is 2.10. The van der Waals surface area contributed by atoms with Crippen molar-refractivity contribution in [2.24, 2.45) is 0 Å². The maximum Gasteiger partial charge on any atom is 0.506 e. The molecule has 0 amide bonds. The van der Waals surface area contributed by atoms with Crippen molar-refractivity contribution in [1.29, 1.82) is 0 Å². The van der Waals surface area contributed by atoms with E-state index in [0.717, 1.165) is 30.1 Å². The van der Waals surface area contributed by atoms with Gasteiger partial charge in [-0.25, -0.2) is 4.79 Å². The molecule has 72 valence electrons. The molecule has 0 aliphatic heterocycles. The highest BCUT2D eigenvalue weighted by atomic mass is 127. The molecule has 12 heavy (non-hydrogen) atoms. The molecule has 0 spiro atoms. The summed E-state index contributed by atoms with van der Waals surface area (Å²) in [6, 6.07) is 0. The largest absolute Gasteiger partial charge is 0.506 e. The van der Waals surface area contributed by atoms with Gasteiger partial charge in [0.15, 0.2) is 0 Å². The van der Waals surface area contributed by atoms with Gasteiger partial charge in [0.2, 0.25) is 0 Å². The van der Waals surface area contributed by atoms with E-state index in [1.54, 1.807) is 0 Å². The summed E-state index contributed by atoms with van der Waals surface area (Å²) in [7, 11) is 0. The molecule has 0 radical (unpaired) electrons. The summed E-state index contributed by atoms with van der Waals surface area (Å²) < 4.78 is 5.76. The Morgan fingerprint density at radius 2 is 2.25 bits per heavy atom. The van der Waals surface area contributed by atoms with E-state index in [-0.39, 0.29) is 6.10 Å². The van der Waals surface area contributed by atoms with Crippen molar-refractivity contribution in [3.05, 3.63) is 0 Å². The molecule has 0 rings (SSSR count). The van der Waals surface area contributed by atoms with E-state index in [1.807, 2.05) is 6.92 Å². The summed E-state index contributed by atoms with van der Waals surface area (Å²) in [5.74, 6) is 0. The predicted molar refractivity (Wildman–Crippen MR) is 55.9 cm³/mol. The number of carbonyl (C=O) groups is 1. The van der Waals surface area contributed by atoms with Crippen LogP contribution in [0.5, 0.6) is 0 Å². The second-order valence-corrected chi connectivity index (χ2v) is 3.70. The molecule has 0 saturated carbocycles. The lowest BCUT2D eigenvalue weighted by Crippen LogP contribution is -2.16. The van der Waals surface area contributed by atoms with E-state index in [1.165, 1.54) is 0 Å². The first-order valence-electron chi connectivity index (χ1n) is 4.16. The van der Waals surface area contributed by atoms with E-state index in [2.05, 4.69) is 22.6 Å². The van der Waals surface area contributed by atoms with Crippen molar-refractivity contribution in [2.75, 3.05) is 4.43 Å².